The predicted molar refractivity (Wildman–Crippen MR) is 88.5 cm³/mol. The van der Waals surface area contributed by atoms with E-state index in [4.69, 9.17) is 0 Å². The van der Waals surface area contributed by atoms with Gasteiger partial charge in [-0.3, -0.25) is 0 Å². The number of nitrogens with one attached hydrogen (secondary N) is 1. The van der Waals surface area contributed by atoms with E-state index in [1.165, 1.54) is 4.31 Å². The van der Waals surface area contributed by atoms with E-state index in [1.54, 1.807) is 6.08 Å². The number of likely N-dealkylation sites (N-methyl/N-ethyl adjacent to an activating group) is 1. The maximum Gasteiger partial charge on any atom is 0.218 e. The fraction of sp³-hybridized carbons (Fsp3) is 0.500. The predicted octanol–water partition coefficient (Wildman–Crippen LogP) is 2.52. The molecule has 0 aliphatic rings. The van der Waals surface area contributed by atoms with Crippen LogP contribution in [0.15, 0.2) is 36.9 Å². The summed E-state index contributed by atoms with van der Waals surface area (Å²) in [4.78, 5) is 0. The number of hydrogen-bond acceptors (Lipinski definition) is 3. The molecule has 0 aliphatic heterocycles. The van der Waals surface area contributed by atoms with Crippen LogP contribution in [-0.4, -0.2) is 32.4 Å². The lowest BCUT2D eigenvalue weighted by Crippen LogP contribution is -2.32. The minimum absolute atomic E-state index is 0.0380. The van der Waals surface area contributed by atoms with Crippen LogP contribution in [-0.2, 0) is 22.3 Å². The second kappa shape index (κ2) is 8.97. The van der Waals surface area contributed by atoms with Crippen molar-refractivity contribution in [3.8, 4) is 0 Å². The summed E-state index contributed by atoms with van der Waals surface area (Å²) in [5, 5.41) is 3.32. The van der Waals surface area contributed by atoms with E-state index in [1.807, 2.05) is 31.2 Å². The Labute approximate surface area is 128 Å². The number of nitrogens with zero attached hydrogens (tertiary/aromatic N) is 1. The molecule has 21 heavy (non-hydrogen) atoms. The van der Waals surface area contributed by atoms with Crippen molar-refractivity contribution in [2.75, 3.05) is 19.6 Å². The van der Waals surface area contributed by atoms with Crippen LogP contribution >= 0.6 is 0 Å². The van der Waals surface area contributed by atoms with E-state index in [-0.39, 0.29) is 5.75 Å². The molecule has 1 aromatic carbocycles. The van der Waals surface area contributed by atoms with Crippen molar-refractivity contribution in [2.45, 2.75) is 32.6 Å². The number of benzene rings is 1. The van der Waals surface area contributed by atoms with Gasteiger partial charge in [0.2, 0.25) is 10.0 Å². The summed E-state index contributed by atoms with van der Waals surface area (Å²) >= 11 is 0. The van der Waals surface area contributed by atoms with Gasteiger partial charge in [-0.25, -0.2) is 8.42 Å². The van der Waals surface area contributed by atoms with Crippen molar-refractivity contribution in [3.63, 3.8) is 0 Å². The zero-order valence-electron chi connectivity index (χ0n) is 13.0. The lowest BCUT2D eigenvalue weighted by Gasteiger charge is -2.18. The highest BCUT2D eigenvalue weighted by molar-refractivity contribution is 7.88. The van der Waals surface area contributed by atoms with E-state index >= 15 is 0 Å². The fourth-order valence-corrected chi connectivity index (χ4v) is 3.63. The standard InChI is InChI=1S/C16H26N2O2S/c1-4-10-17-13-15-8-7-9-16(12-15)14-21(19,20)18(6-3)11-5-2/h5,7-9,12,17H,2,4,6,10-11,13-14H2,1,3H3. The number of hydrogen-bond donors (Lipinski definition) is 1. The quantitative estimate of drug-likeness (QED) is 0.534. The topological polar surface area (TPSA) is 49.4 Å². The monoisotopic (exact) mass is 310 g/mol. The molecule has 0 radical (unpaired) electrons. The Morgan fingerprint density at radius 2 is 2.00 bits per heavy atom. The van der Waals surface area contributed by atoms with Gasteiger partial charge in [0.25, 0.3) is 0 Å². The number of sulfonamides is 1. The molecule has 0 amide bonds. The first-order valence-corrected chi connectivity index (χ1v) is 9.01. The van der Waals surface area contributed by atoms with Crippen LogP contribution in [0.3, 0.4) is 0 Å². The van der Waals surface area contributed by atoms with Gasteiger partial charge in [0, 0.05) is 19.6 Å². The summed E-state index contributed by atoms with van der Waals surface area (Å²) in [6.45, 7) is 10.1. The van der Waals surface area contributed by atoms with Crippen LogP contribution in [0, 0.1) is 0 Å². The third-order valence-corrected chi connectivity index (χ3v) is 5.07. The lowest BCUT2D eigenvalue weighted by molar-refractivity contribution is 0.459. The van der Waals surface area contributed by atoms with Gasteiger partial charge < -0.3 is 5.32 Å². The van der Waals surface area contributed by atoms with Crippen LogP contribution in [0.2, 0.25) is 0 Å². The Hall–Kier alpha value is -1.17. The van der Waals surface area contributed by atoms with Gasteiger partial charge in [-0.1, -0.05) is 44.2 Å². The molecule has 0 atom stereocenters. The zero-order valence-corrected chi connectivity index (χ0v) is 13.8. The first-order valence-electron chi connectivity index (χ1n) is 7.40. The normalized spacial score (nSPS) is 11.8. The van der Waals surface area contributed by atoms with E-state index in [0.717, 1.165) is 30.6 Å². The first-order chi connectivity index (χ1) is 10.0. The lowest BCUT2D eigenvalue weighted by atomic mass is 10.1. The maximum atomic E-state index is 12.4. The van der Waals surface area contributed by atoms with Gasteiger partial charge in [0.15, 0.2) is 0 Å². The molecule has 118 valence electrons. The van der Waals surface area contributed by atoms with Crippen molar-refractivity contribution in [3.05, 3.63) is 48.0 Å². The van der Waals surface area contributed by atoms with Gasteiger partial charge in [0.1, 0.15) is 0 Å². The molecule has 0 aromatic heterocycles. The Bertz CT molecular complexity index is 541. The van der Waals surface area contributed by atoms with Crippen LogP contribution in [0.1, 0.15) is 31.4 Å². The summed E-state index contributed by atoms with van der Waals surface area (Å²) in [6.07, 6.45) is 2.70. The van der Waals surface area contributed by atoms with Gasteiger partial charge in [0.05, 0.1) is 5.75 Å². The molecule has 0 unspecified atom stereocenters. The summed E-state index contributed by atoms with van der Waals surface area (Å²) in [5.74, 6) is 0.0380. The molecule has 0 bridgehead atoms. The molecule has 0 saturated heterocycles. The number of rotatable bonds is 10. The molecule has 0 saturated carbocycles. The highest BCUT2D eigenvalue weighted by atomic mass is 32.2. The maximum absolute atomic E-state index is 12.4. The molecule has 0 spiro atoms. The van der Waals surface area contributed by atoms with E-state index < -0.39 is 10.0 Å². The van der Waals surface area contributed by atoms with Gasteiger partial charge in [-0.2, -0.15) is 4.31 Å². The summed E-state index contributed by atoms with van der Waals surface area (Å²) < 4.78 is 26.2. The van der Waals surface area contributed by atoms with E-state index in [2.05, 4.69) is 18.8 Å². The zero-order chi connectivity index (χ0) is 15.7. The van der Waals surface area contributed by atoms with Crippen LogP contribution in [0.4, 0.5) is 0 Å². The molecule has 0 fully saturated rings. The highest BCUT2D eigenvalue weighted by Crippen LogP contribution is 2.13. The van der Waals surface area contributed by atoms with Gasteiger partial charge in [-0.15, -0.1) is 6.58 Å². The minimum Gasteiger partial charge on any atom is -0.313 e. The highest BCUT2D eigenvalue weighted by Gasteiger charge is 2.19. The fourth-order valence-electron chi connectivity index (χ4n) is 2.12. The van der Waals surface area contributed by atoms with Gasteiger partial charge >= 0.3 is 0 Å². The van der Waals surface area contributed by atoms with Crippen molar-refractivity contribution in [1.82, 2.24) is 9.62 Å². The first kappa shape index (κ1) is 17.9. The van der Waals surface area contributed by atoms with Gasteiger partial charge in [-0.05, 0) is 24.1 Å². The second-order valence-electron chi connectivity index (χ2n) is 4.99. The van der Waals surface area contributed by atoms with Crippen LogP contribution in [0.5, 0.6) is 0 Å². The van der Waals surface area contributed by atoms with E-state index in [0.29, 0.717) is 13.1 Å². The molecule has 0 heterocycles. The summed E-state index contributed by atoms with van der Waals surface area (Å²) in [7, 11) is -3.29. The van der Waals surface area contributed by atoms with Crippen LogP contribution < -0.4 is 5.32 Å². The molecular weight excluding hydrogens is 284 g/mol. The third kappa shape index (κ3) is 5.99. The molecule has 0 aliphatic carbocycles. The van der Waals surface area contributed by atoms with Crippen molar-refractivity contribution < 1.29 is 8.42 Å². The third-order valence-electron chi connectivity index (χ3n) is 3.18. The smallest absolute Gasteiger partial charge is 0.218 e. The molecule has 5 heteroatoms. The van der Waals surface area contributed by atoms with Crippen molar-refractivity contribution >= 4 is 10.0 Å². The SMILES string of the molecule is C=CCN(CC)S(=O)(=O)Cc1cccc(CNCCC)c1. The molecule has 1 aromatic rings. The average Bonchev–Trinajstić information content (AvgIpc) is 2.44. The Kier molecular flexibility index (Phi) is 7.64. The van der Waals surface area contributed by atoms with E-state index in [9.17, 15) is 8.42 Å². The minimum atomic E-state index is -3.29. The molecular formula is C16H26N2O2S. The van der Waals surface area contributed by atoms with Crippen molar-refractivity contribution in [2.24, 2.45) is 0 Å². The van der Waals surface area contributed by atoms with Crippen molar-refractivity contribution in [1.29, 1.82) is 0 Å². The summed E-state index contributed by atoms with van der Waals surface area (Å²) in [6, 6.07) is 7.75. The Morgan fingerprint density at radius 1 is 1.29 bits per heavy atom. The van der Waals surface area contributed by atoms with Crippen LogP contribution in [0.25, 0.3) is 0 Å². The molecule has 4 nitrogen and oxygen atoms in total. The Balaban J connectivity index is 2.77. The largest absolute Gasteiger partial charge is 0.313 e. The Morgan fingerprint density at radius 3 is 2.62 bits per heavy atom. The molecule has 1 N–H and O–H groups in total. The average molecular weight is 310 g/mol. The molecule has 1 rings (SSSR count). The second-order valence-corrected chi connectivity index (χ2v) is 6.96. The summed E-state index contributed by atoms with van der Waals surface area (Å²) in [5.41, 5.74) is 1.94.